The van der Waals surface area contributed by atoms with E-state index in [1.54, 1.807) is 36.4 Å². The van der Waals surface area contributed by atoms with Crippen LogP contribution in [0.3, 0.4) is 0 Å². The third-order valence-electron chi connectivity index (χ3n) is 4.44. The van der Waals surface area contributed by atoms with Crippen LogP contribution in [0.15, 0.2) is 77.7 Å². The molecule has 2 amide bonds. The van der Waals surface area contributed by atoms with Crippen molar-refractivity contribution in [1.29, 1.82) is 0 Å². The second-order valence-electron chi connectivity index (χ2n) is 6.89. The quantitative estimate of drug-likeness (QED) is 0.420. The number of halogens is 1. The van der Waals surface area contributed by atoms with E-state index in [0.717, 1.165) is 5.56 Å². The maximum Gasteiger partial charge on any atom is 0.269 e. The van der Waals surface area contributed by atoms with Crippen molar-refractivity contribution in [2.24, 2.45) is 0 Å². The number of amides is 2. The second kappa shape index (κ2) is 10.8. The zero-order valence-electron chi connectivity index (χ0n) is 17.7. The van der Waals surface area contributed by atoms with Gasteiger partial charge >= 0.3 is 0 Å². The Kier molecular flexibility index (Phi) is 7.92. The molecular formula is C23H22ClN3O5S. The van der Waals surface area contributed by atoms with Crippen molar-refractivity contribution in [2.45, 2.75) is 18.2 Å². The van der Waals surface area contributed by atoms with Gasteiger partial charge in [-0.15, -0.1) is 0 Å². The first-order chi connectivity index (χ1) is 15.8. The minimum absolute atomic E-state index is 0.0731. The smallest absolute Gasteiger partial charge is 0.269 e. The molecule has 3 N–H and O–H groups in total. The van der Waals surface area contributed by atoms with Gasteiger partial charge in [-0.25, -0.2) is 8.42 Å². The number of carbonyl (C=O) groups excluding carboxylic acids is 2. The molecule has 0 aliphatic carbocycles. The van der Waals surface area contributed by atoms with Gasteiger partial charge in [0.1, 0.15) is 5.75 Å². The normalized spacial score (nSPS) is 10.8. The summed E-state index contributed by atoms with van der Waals surface area (Å²) in [7, 11) is -3.80. The maximum absolute atomic E-state index is 12.5. The summed E-state index contributed by atoms with van der Waals surface area (Å²) in [6, 6.07) is 18.6. The Hall–Kier alpha value is -3.56. The van der Waals surface area contributed by atoms with Crippen molar-refractivity contribution >= 4 is 39.1 Å². The molecule has 0 unspecified atom stereocenters. The molecule has 0 spiro atoms. The molecule has 0 aromatic heterocycles. The number of carbonyl (C=O) groups is 2. The number of rotatable bonds is 8. The third-order valence-corrected chi connectivity index (χ3v) is 6.09. The zero-order chi connectivity index (χ0) is 23.8. The lowest BCUT2D eigenvalue weighted by Crippen LogP contribution is -2.42. The Morgan fingerprint density at radius 3 is 2.12 bits per heavy atom. The number of anilines is 1. The first kappa shape index (κ1) is 24.1. The van der Waals surface area contributed by atoms with E-state index in [-0.39, 0.29) is 22.6 Å². The summed E-state index contributed by atoms with van der Waals surface area (Å²) in [5.74, 6) is -0.363. The predicted octanol–water partition coefficient (Wildman–Crippen LogP) is 3.54. The molecule has 0 saturated heterocycles. The highest BCUT2D eigenvalue weighted by molar-refractivity contribution is 7.92. The first-order valence-electron chi connectivity index (χ1n) is 9.96. The molecule has 0 atom stereocenters. The van der Waals surface area contributed by atoms with Gasteiger partial charge < -0.3 is 4.74 Å². The highest BCUT2D eigenvalue weighted by Crippen LogP contribution is 2.20. The van der Waals surface area contributed by atoms with Gasteiger partial charge in [-0.2, -0.15) is 0 Å². The summed E-state index contributed by atoms with van der Waals surface area (Å²) in [5.41, 5.74) is 5.93. The molecule has 0 aliphatic rings. The molecule has 10 heteroatoms. The summed E-state index contributed by atoms with van der Waals surface area (Å²) in [4.78, 5) is 24.3. The Morgan fingerprint density at radius 1 is 0.879 bits per heavy atom. The fourth-order valence-corrected chi connectivity index (χ4v) is 4.00. The van der Waals surface area contributed by atoms with Gasteiger partial charge in [0.2, 0.25) is 5.91 Å². The predicted molar refractivity (Wildman–Crippen MR) is 126 cm³/mol. The highest BCUT2D eigenvalue weighted by atomic mass is 35.5. The van der Waals surface area contributed by atoms with Crippen LogP contribution in [-0.2, 0) is 21.2 Å². The van der Waals surface area contributed by atoms with Crippen LogP contribution < -0.4 is 20.3 Å². The molecule has 0 fully saturated rings. The van der Waals surface area contributed by atoms with Gasteiger partial charge in [0, 0.05) is 16.3 Å². The van der Waals surface area contributed by atoms with Crippen LogP contribution in [0, 0.1) is 0 Å². The van der Waals surface area contributed by atoms with Gasteiger partial charge in [0.05, 0.1) is 17.9 Å². The Bertz CT molecular complexity index is 1210. The molecule has 172 valence electrons. The first-order valence-corrected chi connectivity index (χ1v) is 11.8. The average molecular weight is 488 g/mol. The lowest BCUT2D eigenvalue weighted by atomic mass is 10.1. The third kappa shape index (κ3) is 6.96. The molecule has 0 heterocycles. The molecule has 3 aromatic carbocycles. The minimum atomic E-state index is -3.80. The summed E-state index contributed by atoms with van der Waals surface area (Å²) < 4.78 is 32.9. The van der Waals surface area contributed by atoms with Crippen LogP contribution in [0.1, 0.15) is 22.8 Å². The monoisotopic (exact) mass is 487 g/mol. The fraction of sp³-hybridized carbons (Fsp3) is 0.130. The number of hydrogen-bond acceptors (Lipinski definition) is 5. The van der Waals surface area contributed by atoms with E-state index in [9.17, 15) is 18.0 Å². The van der Waals surface area contributed by atoms with Gasteiger partial charge in [-0.3, -0.25) is 25.2 Å². The average Bonchev–Trinajstić information content (AvgIpc) is 2.80. The minimum Gasteiger partial charge on any atom is -0.494 e. The summed E-state index contributed by atoms with van der Waals surface area (Å²) in [6.07, 6.45) is 0.0731. The Morgan fingerprint density at radius 2 is 1.52 bits per heavy atom. The number of hydrogen-bond donors (Lipinski definition) is 3. The van der Waals surface area contributed by atoms with Crippen molar-refractivity contribution in [1.82, 2.24) is 10.9 Å². The molecule has 33 heavy (non-hydrogen) atoms. The van der Waals surface area contributed by atoms with Crippen molar-refractivity contribution in [3.8, 4) is 5.75 Å². The summed E-state index contributed by atoms with van der Waals surface area (Å²) in [5, 5.41) is 0.567. The van der Waals surface area contributed by atoms with E-state index in [1.807, 2.05) is 6.92 Å². The Labute approximate surface area is 196 Å². The Balaban J connectivity index is 1.54. The SMILES string of the molecule is CCOc1ccc(S(=O)(=O)Nc2ccc(C(=O)NNC(=O)Cc3ccc(Cl)cc3)cc2)cc1. The van der Waals surface area contributed by atoms with Gasteiger partial charge in [0.15, 0.2) is 0 Å². The number of sulfonamides is 1. The lowest BCUT2D eigenvalue weighted by molar-refractivity contribution is -0.121. The molecule has 0 bridgehead atoms. The number of benzene rings is 3. The van der Waals surface area contributed by atoms with E-state index in [2.05, 4.69) is 15.6 Å². The standard InChI is InChI=1S/C23H22ClN3O5S/c1-2-32-20-11-13-21(14-12-20)33(30,31)27-19-9-5-17(6-10-19)23(29)26-25-22(28)15-16-3-7-18(24)8-4-16/h3-14,27H,2,15H2,1H3,(H,25,28)(H,26,29). The topological polar surface area (TPSA) is 114 Å². The molecular weight excluding hydrogens is 466 g/mol. The second-order valence-corrected chi connectivity index (χ2v) is 9.01. The van der Waals surface area contributed by atoms with Gasteiger partial charge in [0.25, 0.3) is 15.9 Å². The zero-order valence-corrected chi connectivity index (χ0v) is 19.2. The van der Waals surface area contributed by atoms with E-state index in [4.69, 9.17) is 16.3 Å². The van der Waals surface area contributed by atoms with Crippen LogP contribution in [0.5, 0.6) is 5.75 Å². The van der Waals surface area contributed by atoms with Crippen molar-refractivity contribution in [3.63, 3.8) is 0 Å². The number of nitrogens with one attached hydrogen (secondary N) is 3. The van der Waals surface area contributed by atoms with Crippen LogP contribution in [0.25, 0.3) is 0 Å². The van der Waals surface area contributed by atoms with Crippen LogP contribution >= 0.6 is 11.6 Å². The molecule has 3 rings (SSSR count). The van der Waals surface area contributed by atoms with E-state index >= 15 is 0 Å². The van der Waals surface area contributed by atoms with Crippen molar-refractivity contribution in [3.05, 3.63) is 88.9 Å². The molecule has 0 saturated carbocycles. The summed E-state index contributed by atoms with van der Waals surface area (Å²) in [6.45, 7) is 2.32. The van der Waals surface area contributed by atoms with Crippen LogP contribution in [-0.4, -0.2) is 26.8 Å². The van der Waals surface area contributed by atoms with Crippen molar-refractivity contribution in [2.75, 3.05) is 11.3 Å². The van der Waals surface area contributed by atoms with E-state index < -0.39 is 21.8 Å². The number of ether oxygens (including phenoxy) is 1. The molecule has 0 radical (unpaired) electrons. The van der Waals surface area contributed by atoms with Gasteiger partial charge in [-0.1, -0.05) is 23.7 Å². The fourth-order valence-electron chi connectivity index (χ4n) is 2.82. The van der Waals surface area contributed by atoms with Crippen LogP contribution in [0.2, 0.25) is 5.02 Å². The van der Waals surface area contributed by atoms with E-state index in [0.29, 0.717) is 17.4 Å². The number of hydrazine groups is 1. The van der Waals surface area contributed by atoms with E-state index in [1.165, 1.54) is 36.4 Å². The highest BCUT2D eigenvalue weighted by Gasteiger charge is 2.15. The lowest BCUT2D eigenvalue weighted by Gasteiger charge is -2.10. The molecule has 0 aliphatic heterocycles. The van der Waals surface area contributed by atoms with Gasteiger partial charge in [-0.05, 0) is 73.2 Å². The van der Waals surface area contributed by atoms with Crippen molar-refractivity contribution < 1.29 is 22.7 Å². The maximum atomic E-state index is 12.5. The largest absolute Gasteiger partial charge is 0.494 e. The van der Waals surface area contributed by atoms with Crippen LogP contribution in [0.4, 0.5) is 5.69 Å². The molecule has 3 aromatic rings. The molecule has 8 nitrogen and oxygen atoms in total. The summed E-state index contributed by atoms with van der Waals surface area (Å²) >= 11 is 5.81.